The Kier molecular flexibility index (Phi) is 11.9. The number of hydrogen-bond acceptors (Lipinski definition) is 8. The minimum Gasteiger partial charge on any atom is -0.425 e. The van der Waals surface area contributed by atoms with Crippen molar-refractivity contribution in [1.82, 2.24) is 19.8 Å². The van der Waals surface area contributed by atoms with Crippen molar-refractivity contribution in [3.8, 4) is 11.5 Å². The number of nitrogens with zero attached hydrogens (tertiary/aromatic N) is 2. The molecule has 2 N–H and O–H groups in total. The highest BCUT2D eigenvalue weighted by Crippen LogP contribution is 2.38. The monoisotopic (exact) mass is 690 g/mol. The molecule has 10 heteroatoms. The highest BCUT2D eigenvalue weighted by atomic mass is 17.2. The van der Waals surface area contributed by atoms with Gasteiger partial charge in [0.05, 0.1) is 22.0 Å². The Balaban J connectivity index is 1.38. The number of carbonyl (C=O) groups excluding carboxylic acids is 2. The number of likely N-dealkylation sites (N-methyl/N-ethyl adjacent to an activating group) is 2. The fraction of sp³-hybridized carbons (Fsp3) is 0.550. The van der Waals surface area contributed by atoms with Gasteiger partial charge in [-0.25, -0.2) is 9.78 Å². The number of benzene rings is 2. The van der Waals surface area contributed by atoms with Gasteiger partial charge in [0.1, 0.15) is 11.5 Å². The van der Waals surface area contributed by atoms with Crippen molar-refractivity contribution in [2.45, 2.75) is 92.3 Å². The van der Waals surface area contributed by atoms with Crippen LogP contribution in [-0.2, 0) is 32.2 Å². The van der Waals surface area contributed by atoms with E-state index in [1.165, 1.54) is 0 Å². The number of rotatable bonds is 17. The fourth-order valence-electron chi connectivity index (χ4n) is 6.73. The van der Waals surface area contributed by atoms with Crippen molar-refractivity contribution in [1.29, 1.82) is 0 Å². The summed E-state index contributed by atoms with van der Waals surface area (Å²) in [4.78, 5) is 50.2. The Morgan fingerprint density at radius 3 is 1.30 bits per heavy atom. The van der Waals surface area contributed by atoms with Crippen LogP contribution in [0.3, 0.4) is 0 Å². The van der Waals surface area contributed by atoms with E-state index in [0.29, 0.717) is 24.3 Å². The number of fused-ring (bicyclic) bond motifs is 2. The van der Waals surface area contributed by atoms with E-state index < -0.39 is 22.0 Å². The predicted molar refractivity (Wildman–Crippen MR) is 200 cm³/mol. The van der Waals surface area contributed by atoms with Crippen LogP contribution in [0.4, 0.5) is 0 Å². The molecule has 0 unspecified atom stereocenters. The number of esters is 2. The topological polar surface area (TPSA) is 109 Å². The molecule has 2 aromatic carbocycles. The molecule has 274 valence electrons. The Bertz CT molecular complexity index is 1650. The summed E-state index contributed by atoms with van der Waals surface area (Å²) in [6, 6.07) is 11.4. The molecule has 0 aliphatic rings. The Labute approximate surface area is 297 Å². The summed E-state index contributed by atoms with van der Waals surface area (Å²) in [6.07, 6.45) is 6.28. The lowest BCUT2D eigenvalue weighted by Crippen LogP contribution is -2.42. The second-order valence-electron chi connectivity index (χ2n) is 16.7. The molecule has 0 fully saturated rings. The number of hydrogen-bond donors (Lipinski definition) is 2. The van der Waals surface area contributed by atoms with E-state index >= 15 is 0 Å². The minimum atomic E-state index is -0.896. The molecule has 10 nitrogen and oxygen atoms in total. The van der Waals surface area contributed by atoms with E-state index in [1.54, 1.807) is 0 Å². The first kappa shape index (κ1) is 39.1. The van der Waals surface area contributed by atoms with Gasteiger partial charge >= 0.3 is 11.9 Å². The first-order chi connectivity index (χ1) is 23.2. The Morgan fingerprint density at radius 1 is 0.600 bits per heavy atom. The summed E-state index contributed by atoms with van der Waals surface area (Å²) in [6.45, 7) is 16.7. The quantitative estimate of drug-likeness (QED) is 0.0502. The highest BCUT2D eigenvalue weighted by molar-refractivity contribution is 5.93. The zero-order chi connectivity index (χ0) is 37.1. The van der Waals surface area contributed by atoms with E-state index in [4.69, 9.17) is 19.2 Å². The maximum atomic E-state index is 13.6. The van der Waals surface area contributed by atoms with Crippen LogP contribution in [0.5, 0.6) is 11.5 Å². The number of nitrogens with one attached hydrogen (secondary N) is 2. The minimum absolute atomic E-state index is 0.327. The first-order valence-electron chi connectivity index (χ1n) is 17.5. The van der Waals surface area contributed by atoms with Crippen molar-refractivity contribution in [3.63, 3.8) is 0 Å². The molecule has 0 spiro atoms. The molecular formula is C40H58N4O6. The molecule has 4 aromatic rings. The highest BCUT2D eigenvalue weighted by Gasteiger charge is 2.42. The average Bonchev–Trinajstić information content (AvgIpc) is 3.62. The van der Waals surface area contributed by atoms with Crippen molar-refractivity contribution < 1.29 is 28.8 Å². The van der Waals surface area contributed by atoms with Gasteiger partial charge in [0, 0.05) is 47.3 Å². The van der Waals surface area contributed by atoms with Gasteiger partial charge in [0.2, 0.25) is 0 Å². The molecule has 4 rings (SSSR count). The van der Waals surface area contributed by atoms with Gasteiger partial charge in [-0.3, -0.25) is 9.59 Å². The summed E-state index contributed by atoms with van der Waals surface area (Å²) in [5.74, 6) is 0.371. The van der Waals surface area contributed by atoms with E-state index in [1.807, 2.05) is 132 Å². The second kappa shape index (κ2) is 15.3. The lowest BCUT2D eigenvalue weighted by molar-refractivity contribution is -0.407. The summed E-state index contributed by atoms with van der Waals surface area (Å²) < 4.78 is 12.1. The second-order valence-corrected chi connectivity index (χ2v) is 16.7. The third kappa shape index (κ3) is 9.96. The lowest BCUT2D eigenvalue weighted by atomic mass is 9.81. The normalized spacial score (nSPS) is 13.2. The number of aromatic nitrogens is 2. The van der Waals surface area contributed by atoms with Crippen LogP contribution in [0, 0.1) is 10.8 Å². The number of aromatic amines is 2. The largest absolute Gasteiger partial charge is 0.425 e. The maximum Gasteiger partial charge on any atom is 0.317 e. The van der Waals surface area contributed by atoms with Gasteiger partial charge in [-0.15, -0.1) is 0 Å². The summed E-state index contributed by atoms with van der Waals surface area (Å²) in [7, 11) is 8.15. The van der Waals surface area contributed by atoms with Crippen LogP contribution in [0.15, 0.2) is 48.8 Å². The van der Waals surface area contributed by atoms with E-state index in [-0.39, 0.29) is 11.9 Å². The molecule has 2 heterocycles. The molecule has 50 heavy (non-hydrogen) atoms. The molecular weight excluding hydrogens is 632 g/mol. The Morgan fingerprint density at radius 2 is 0.960 bits per heavy atom. The number of ether oxygens (including phenoxy) is 2. The third-order valence-electron chi connectivity index (χ3n) is 8.89. The molecule has 0 aliphatic heterocycles. The summed E-state index contributed by atoms with van der Waals surface area (Å²) in [5.41, 5.74) is 0.570. The van der Waals surface area contributed by atoms with E-state index in [9.17, 15) is 9.59 Å². The van der Waals surface area contributed by atoms with Crippen LogP contribution in [-0.4, -0.2) is 84.2 Å². The van der Waals surface area contributed by atoms with Crippen LogP contribution in [0.2, 0.25) is 0 Å². The predicted octanol–water partition coefficient (Wildman–Crippen LogP) is 7.71. The van der Waals surface area contributed by atoms with Gasteiger partial charge in [-0.05, 0) is 145 Å². The molecule has 0 amide bonds. The standard InChI is InChI=1S/C40H58N4O6/c1-37(2,35(45)47-31-17-13-15-29-33(31)27(23-41-29)19-21-43(9)10)25-39(5,6)49-50-40(7,8)26-38(3,4)36(46)48-32-18-14-16-30-34(32)28(24-42-30)20-22-44(11)12/h13-18,23-24,41-42H,19-22,25-26H2,1-12H3. The molecule has 0 atom stereocenters. The SMILES string of the molecule is CN(C)CCc1c[nH]c2cccc(OC(=O)C(C)(C)CC(C)(C)OOC(C)(C)CC(C)(C)C(=O)Oc3cccc4[nH]cc(CCN(C)C)c34)c12. The van der Waals surface area contributed by atoms with Crippen molar-refractivity contribution in [2.75, 3.05) is 41.3 Å². The molecule has 0 bridgehead atoms. The molecule has 2 aromatic heterocycles. The summed E-state index contributed by atoms with van der Waals surface area (Å²) in [5, 5.41) is 1.85. The van der Waals surface area contributed by atoms with Gasteiger partial charge in [-0.1, -0.05) is 12.1 Å². The number of carbonyl (C=O) groups is 2. The third-order valence-corrected chi connectivity index (χ3v) is 8.89. The van der Waals surface area contributed by atoms with E-state index in [0.717, 1.165) is 58.9 Å². The maximum absolute atomic E-state index is 13.6. The number of H-pyrrole nitrogens is 2. The van der Waals surface area contributed by atoms with Crippen LogP contribution in [0.1, 0.15) is 79.4 Å². The van der Waals surface area contributed by atoms with Gasteiger partial charge in [0.25, 0.3) is 0 Å². The molecule has 0 aliphatic carbocycles. The van der Waals surface area contributed by atoms with E-state index in [2.05, 4.69) is 19.8 Å². The zero-order valence-electron chi connectivity index (χ0n) is 32.2. The smallest absolute Gasteiger partial charge is 0.317 e. The van der Waals surface area contributed by atoms with Crippen LogP contribution < -0.4 is 9.47 Å². The van der Waals surface area contributed by atoms with Crippen LogP contribution >= 0.6 is 0 Å². The zero-order valence-corrected chi connectivity index (χ0v) is 32.2. The molecule has 0 saturated carbocycles. The lowest BCUT2D eigenvalue weighted by Gasteiger charge is -2.37. The van der Waals surface area contributed by atoms with Gasteiger partial charge in [-0.2, -0.15) is 0 Å². The van der Waals surface area contributed by atoms with Gasteiger partial charge in [0.15, 0.2) is 0 Å². The summed E-state index contributed by atoms with van der Waals surface area (Å²) >= 11 is 0. The van der Waals surface area contributed by atoms with Crippen LogP contribution in [0.25, 0.3) is 21.8 Å². The van der Waals surface area contributed by atoms with Gasteiger partial charge < -0.3 is 29.2 Å². The molecule has 0 saturated heterocycles. The Hall–Kier alpha value is -3.70. The van der Waals surface area contributed by atoms with Crippen molar-refractivity contribution in [2.24, 2.45) is 10.8 Å². The van der Waals surface area contributed by atoms with Crippen molar-refractivity contribution in [3.05, 3.63) is 59.9 Å². The van der Waals surface area contributed by atoms with Crippen molar-refractivity contribution >= 4 is 33.7 Å². The fourth-order valence-corrected chi connectivity index (χ4v) is 6.73. The average molecular weight is 691 g/mol. The first-order valence-corrected chi connectivity index (χ1v) is 17.5. The molecule has 0 radical (unpaired) electrons.